The molecule has 2 aromatic heterocycles. The van der Waals surface area contributed by atoms with Gasteiger partial charge in [0.15, 0.2) is 5.78 Å². The van der Waals surface area contributed by atoms with Crippen molar-refractivity contribution >= 4 is 22.3 Å². The summed E-state index contributed by atoms with van der Waals surface area (Å²) in [5.41, 5.74) is 3.31. The third-order valence-corrected chi connectivity index (χ3v) is 3.00. The SMILES string of the molecule is CC(=O)c1c(C)nc2ccc3ccccc3n12. The van der Waals surface area contributed by atoms with E-state index in [0.29, 0.717) is 5.69 Å². The standard InChI is InChI=1S/C14H12N2O/c1-9-14(10(2)17)16-12-6-4-3-5-11(12)7-8-13(16)15-9/h3-8H,1-2H3. The third kappa shape index (κ3) is 1.35. The number of carbonyl (C=O) groups is 1. The van der Waals surface area contributed by atoms with Gasteiger partial charge in [0, 0.05) is 6.92 Å². The smallest absolute Gasteiger partial charge is 0.178 e. The summed E-state index contributed by atoms with van der Waals surface area (Å²) < 4.78 is 1.94. The van der Waals surface area contributed by atoms with Gasteiger partial charge in [0.25, 0.3) is 0 Å². The van der Waals surface area contributed by atoms with E-state index in [0.717, 1.165) is 22.2 Å². The number of benzene rings is 1. The first kappa shape index (κ1) is 10.0. The Kier molecular flexibility index (Phi) is 2.01. The van der Waals surface area contributed by atoms with Gasteiger partial charge in [-0.3, -0.25) is 9.20 Å². The van der Waals surface area contributed by atoms with Crippen molar-refractivity contribution in [3.05, 3.63) is 47.8 Å². The van der Waals surface area contributed by atoms with Crippen molar-refractivity contribution in [1.29, 1.82) is 0 Å². The highest BCUT2D eigenvalue weighted by Crippen LogP contribution is 2.20. The average Bonchev–Trinajstić information content (AvgIpc) is 2.65. The van der Waals surface area contributed by atoms with E-state index in [1.54, 1.807) is 6.92 Å². The molecule has 0 saturated carbocycles. The van der Waals surface area contributed by atoms with Crippen molar-refractivity contribution in [1.82, 2.24) is 9.38 Å². The summed E-state index contributed by atoms with van der Waals surface area (Å²) in [7, 11) is 0. The van der Waals surface area contributed by atoms with Crippen LogP contribution in [0.2, 0.25) is 0 Å². The van der Waals surface area contributed by atoms with Gasteiger partial charge in [-0.15, -0.1) is 0 Å². The van der Waals surface area contributed by atoms with Crippen molar-refractivity contribution in [2.45, 2.75) is 13.8 Å². The molecule has 0 saturated heterocycles. The zero-order valence-electron chi connectivity index (χ0n) is 9.77. The maximum atomic E-state index is 11.7. The molecule has 0 aliphatic heterocycles. The Bertz CT molecular complexity index is 740. The molecule has 0 unspecified atom stereocenters. The van der Waals surface area contributed by atoms with Crippen LogP contribution in [0.25, 0.3) is 16.6 Å². The van der Waals surface area contributed by atoms with Crippen LogP contribution in [0.5, 0.6) is 0 Å². The number of rotatable bonds is 1. The molecule has 0 atom stereocenters. The van der Waals surface area contributed by atoms with Crippen LogP contribution in [-0.4, -0.2) is 15.2 Å². The number of imidazole rings is 1. The molecular weight excluding hydrogens is 212 g/mol. The Balaban J connectivity index is 2.60. The van der Waals surface area contributed by atoms with Crippen molar-refractivity contribution in [3.8, 4) is 0 Å². The average molecular weight is 224 g/mol. The van der Waals surface area contributed by atoms with Gasteiger partial charge in [-0.1, -0.05) is 18.2 Å². The van der Waals surface area contributed by atoms with Crippen LogP contribution < -0.4 is 0 Å². The minimum Gasteiger partial charge on any atom is -0.293 e. The number of nitrogens with zero attached hydrogens (tertiary/aromatic N) is 2. The summed E-state index contributed by atoms with van der Waals surface area (Å²) in [6, 6.07) is 12.0. The summed E-state index contributed by atoms with van der Waals surface area (Å²) in [4.78, 5) is 16.2. The lowest BCUT2D eigenvalue weighted by Crippen LogP contribution is -2.01. The summed E-state index contributed by atoms with van der Waals surface area (Å²) in [5, 5.41) is 1.11. The zero-order valence-corrected chi connectivity index (χ0v) is 9.77. The molecule has 3 heteroatoms. The summed E-state index contributed by atoms with van der Waals surface area (Å²) >= 11 is 0. The maximum absolute atomic E-state index is 11.7. The first-order valence-electron chi connectivity index (χ1n) is 5.56. The molecule has 3 aromatic rings. The quantitative estimate of drug-likeness (QED) is 0.595. The van der Waals surface area contributed by atoms with Gasteiger partial charge in [-0.25, -0.2) is 4.98 Å². The zero-order chi connectivity index (χ0) is 12.0. The Labute approximate surface area is 98.7 Å². The largest absolute Gasteiger partial charge is 0.293 e. The predicted octanol–water partition coefficient (Wildman–Crippen LogP) is 3.00. The number of ketones is 1. The number of aromatic nitrogens is 2. The van der Waals surface area contributed by atoms with E-state index in [-0.39, 0.29) is 5.78 Å². The second-order valence-corrected chi connectivity index (χ2v) is 4.19. The monoisotopic (exact) mass is 224 g/mol. The van der Waals surface area contributed by atoms with Crippen molar-refractivity contribution in [3.63, 3.8) is 0 Å². The van der Waals surface area contributed by atoms with Crippen molar-refractivity contribution in [2.24, 2.45) is 0 Å². The number of para-hydroxylation sites is 1. The van der Waals surface area contributed by atoms with E-state index in [4.69, 9.17) is 0 Å². The van der Waals surface area contributed by atoms with Gasteiger partial charge in [-0.2, -0.15) is 0 Å². The summed E-state index contributed by atoms with van der Waals surface area (Å²) in [6.45, 7) is 3.46. The van der Waals surface area contributed by atoms with Gasteiger partial charge in [0.05, 0.1) is 11.2 Å². The van der Waals surface area contributed by atoms with E-state index >= 15 is 0 Å². The van der Waals surface area contributed by atoms with Gasteiger partial charge >= 0.3 is 0 Å². The lowest BCUT2D eigenvalue weighted by molar-refractivity contribution is 0.101. The number of carbonyl (C=O) groups excluding carboxylic acids is 1. The Morgan fingerprint density at radius 3 is 2.71 bits per heavy atom. The van der Waals surface area contributed by atoms with Crippen LogP contribution >= 0.6 is 0 Å². The highest BCUT2D eigenvalue weighted by molar-refractivity contribution is 5.97. The van der Waals surface area contributed by atoms with E-state index in [9.17, 15) is 4.79 Å². The Morgan fingerprint density at radius 1 is 1.18 bits per heavy atom. The first-order chi connectivity index (χ1) is 8.18. The molecule has 0 radical (unpaired) electrons. The molecule has 3 rings (SSSR count). The lowest BCUT2D eigenvalue weighted by atomic mass is 10.2. The summed E-state index contributed by atoms with van der Waals surface area (Å²) in [6.07, 6.45) is 0. The molecule has 0 N–H and O–H groups in total. The minimum atomic E-state index is 0.0475. The Hall–Kier alpha value is -2.16. The third-order valence-electron chi connectivity index (χ3n) is 3.00. The number of Topliss-reactive ketones (excluding diaryl/α,β-unsaturated/α-hetero) is 1. The Morgan fingerprint density at radius 2 is 1.94 bits per heavy atom. The van der Waals surface area contributed by atoms with Gasteiger partial charge in [-0.05, 0) is 30.5 Å². The normalized spacial score (nSPS) is 11.2. The first-order valence-corrected chi connectivity index (χ1v) is 5.56. The van der Waals surface area contributed by atoms with E-state index in [2.05, 4.69) is 4.98 Å². The highest BCUT2D eigenvalue weighted by atomic mass is 16.1. The molecule has 3 nitrogen and oxygen atoms in total. The van der Waals surface area contributed by atoms with Crippen molar-refractivity contribution < 1.29 is 4.79 Å². The van der Waals surface area contributed by atoms with Crippen molar-refractivity contribution in [2.75, 3.05) is 0 Å². The van der Waals surface area contributed by atoms with Crippen LogP contribution in [0.3, 0.4) is 0 Å². The molecule has 84 valence electrons. The second-order valence-electron chi connectivity index (χ2n) is 4.19. The highest BCUT2D eigenvalue weighted by Gasteiger charge is 2.14. The number of aryl methyl sites for hydroxylation is 1. The topological polar surface area (TPSA) is 34.4 Å². The summed E-state index contributed by atoms with van der Waals surface area (Å²) in [5.74, 6) is 0.0475. The van der Waals surface area contributed by atoms with Crippen LogP contribution in [0.4, 0.5) is 0 Å². The molecule has 1 aromatic carbocycles. The molecule has 17 heavy (non-hydrogen) atoms. The molecule has 0 spiro atoms. The van der Waals surface area contributed by atoms with E-state index in [1.165, 1.54) is 0 Å². The number of pyridine rings is 1. The molecule has 0 aliphatic rings. The minimum absolute atomic E-state index is 0.0475. The van der Waals surface area contributed by atoms with E-state index < -0.39 is 0 Å². The van der Waals surface area contributed by atoms with E-state index in [1.807, 2.05) is 47.7 Å². The number of fused-ring (bicyclic) bond motifs is 3. The number of hydrogen-bond acceptors (Lipinski definition) is 2. The molecule has 0 fully saturated rings. The van der Waals surface area contributed by atoms with Crippen LogP contribution in [-0.2, 0) is 0 Å². The fourth-order valence-electron chi connectivity index (χ4n) is 2.32. The van der Waals surface area contributed by atoms with Gasteiger partial charge in [0.1, 0.15) is 11.3 Å². The van der Waals surface area contributed by atoms with Crippen LogP contribution in [0.1, 0.15) is 23.1 Å². The predicted molar refractivity (Wildman–Crippen MR) is 67.4 cm³/mol. The number of hydrogen-bond donors (Lipinski definition) is 0. The molecule has 0 aliphatic carbocycles. The second kappa shape index (κ2) is 3.42. The fourth-order valence-corrected chi connectivity index (χ4v) is 2.32. The van der Waals surface area contributed by atoms with Gasteiger partial charge < -0.3 is 0 Å². The van der Waals surface area contributed by atoms with Gasteiger partial charge in [0.2, 0.25) is 0 Å². The van der Waals surface area contributed by atoms with Crippen LogP contribution in [0.15, 0.2) is 36.4 Å². The molecule has 0 bridgehead atoms. The molecule has 2 heterocycles. The van der Waals surface area contributed by atoms with Crippen LogP contribution in [0, 0.1) is 6.92 Å². The lowest BCUT2D eigenvalue weighted by Gasteiger charge is -2.04. The molecule has 0 amide bonds. The fraction of sp³-hybridized carbons (Fsp3) is 0.143. The molecular formula is C14H12N2O. The maximum Gasteiger partial charge on any atom is 0.178 e.